The van der Waals surface area contributed by atoms with E-state index >= 15 is 0 Å². The van der Waals surface area contributed by atoms with Crippen molar-refractivity contribution in [1.29, 1.82) is 0 Å². The van der Waals surface area contributed by atoms with E-state index in [9.17, 15) is 18.0 Å². The van der Waals surface area contributed by atoms with Crippen LogP contribution in [0.2, 0.25) is 5.02 Å². The van der Waals surface area contributed by atoms with E-state index in [1.807, 2.05) is 13.8 Å². The van der Waals surface area contributed by atoms with Gasteiger partial charge in [-0.15, -0.1) is 0 Å². The molecule has 1 aliphatic rings. The number of hydrogen-bond donors (Lipinski definition) is 2. The summed E-state index contributed by atoms with van der Waals surface area (Å²) in [6.45, 7) is 7.09. The highest BCUT2D eigenvalue weighted by atomic mass is 35.5. The van der Waals surface area contributed by atoms with Crippen molar-refractivity contribution in [2.45, 2.75) is 57.4 Å². The quantitative estimate of drug-likeness (QED) is 0.571. The van der Waals surface area contributed by atoms with Gasteiger partial charge in [0.05, 0.1) is 22.1 Å². The molecule has 0 aromatic heterocycles. The normalized spacial score (nSPS) is 16.0. The molecule has 1 aliphatic heterocycles. The van der Waals surface area contributed by atoms with Crippen LogP contribution in [0.1, 0.15) is 56.8 Å². The highest BCUT2D eigenvalue weighted by Crippen LogP contribution is 2.25. The number of nitrogens with one attached hydrogen (secondary N) is 2. The first kappa shape index (κ1) is 25.4. The molecule has 1 heterocycles. The maximum Gasteiger partial charge on any atom is 0.407 e. The van der Waals surface area contributed by atoms with Crippen LogP contribution in [0.4, 0.5) is 4.79 Å². The zero-order valence-electron chi connectivity index (χ0n) is 18.3. The molecule has 31 heavy (non-hydrogen) atoms. The summed E-state index contributed by atoms with van der Waals surface area (Å²) in [7, 11) is -3.68. The molecule has 1 unspecified atom stereocenters. The molecule has 1 fully saturated rings. The topological polar surface area (TPSA) is 105 Å². The zero-order chi connectivity index (χ0) is 23.0. The van der Waals surface area contributed by atoms with Gasteiger partial charge in [0.2, 0.25) is 10.0 Å². The van der Waals surface area contributed by atoms with Crippen LogP contribution in [0.25, 0.3) is 0 Å². The number of sulfonamides is 1. The summed E-state index contributed by atoms with van der Waals surface area (Å²) >= 11 is 6.19. The van der Waals surface area contributed by atoms with Gasteiger partial charge < -0.3 is 15.4 Å². The van der Waals surface area contributed by atoms with Crippen molar-refractivity contribution >= 4 is 33.6 Å². The summed E-state index contributed by atoms with van der Waals surface area (Å²) in [5, 5.41) is 5.65. The van der Waals surface area contributed by atoms with E-state index < -0.39 is 22.0 Å². The molecule has 2 rings (SSSR count). The van der Waals surface area contributed by atoms with Crippen LogP contribution >= 0.6 is 11.6 Å². The molecule has 174 valence electrons. The molecule has 0 spiro atoms. The number of carbonyl (C=O) groups excluding carboxylic acids is 2. The van der Waals surface area contributed by atoms with Crippen LogP contribution in [0.3, 0.4) is 0 Å². The minimum Gasteiger partial charge on any atom is -0.450 e. The van der Waals surface area contributed by atoms with E-state index in [0.717, 1.165) is 19.3 Å². The van der Waals surface area contributed by atoms with Crippen LogP contribution in [-0.4, -0.2) is 57.0 Å². The molecule has 0 bridgehead atoms. The maximum atomic E-state index is 12.9. The number of amides is 2. The number of alkyl carbamates (subject to hydrolysis) is 1. The van der Waals surface area contributed by atoms with E-state index in [4.69, 9.17) is 16.3 Å². The summed E-state index contributed by atoms with van der Waals surface area (Å²) in [4.78, 5) is 24.6. The Morgan fingerprint density at radius 3 is 2.48 bits per heavy atom. The lowest BCUT2D eigenvalue weighted by Crippen LogP contribution is -2.44. The van der Waals surface area contributed by atoms with Gasteiger partial charge in [0.1, 0.15) is 0 Å². The fraction of sp³-hybridized carbons (Fsp3) is 0.619. The van der Waals surface area contributed by atoms with Gasteiger partial charge in [0.25, 0.3) is 5.91 Å². The largest absolute Gasteiger partial charge is 0.450 e. The smallest absolute Gasteiger partial charge is 0.407 e. The van der Waals surface area contributed by atoms with E-state index in [-0.39, 0.29) is 40.6 Å². The van der Waals surface area contributed by atoms with Crippen LogP contribution in [0, 0.1) is 5.92 Å². The van der Waals surface area contributed by atoms with E-state index in [1.165, 1.54) is 22.5 Å². The number of ether oxygens (including phenoxy) is 1. The Hall–Kier alpha value is -1.84. The van der Waals surface area contributed by atoms with Crippen LogP contribution in [0.15, 0.2) is 23.1 Å². The van der Waals surface area contributed by atoms with Crippen molar-refractivity contribution in [3.8, 4) is 0 Å². The molecule has 2 N–H and O–H groups in total. The van der Waals surface area contributed by atoms with Crippen molar-refractivity contribution in [2.24, 2.45) is 5.92 Å². The fourth-order valence-corrected chi connectivity index (χ4v) is 5.25. The van der Waals surface area contributed by atoms with Crippen molar-refractivity contribution in [3.63, 3.8) is 0 Å². The number of piperidine rings is 1. The number of nitrogens with zero attached hydrogens (tertiary/aromatic N) is 1. The minimum absolute atomic E-state index is 0.0485. The second-order valence-corrected chi connectivity index (χ2v) is 10.4. The van der Waals surface area contributed by atoms with Crippen LogP contribution in [0.5, 0.6) is 0 Å². The number of halogens is 1. The first-order valence-corrected chi connectivity index (χ1v) is 12.5. The van der Waals surface area contributed by atoms with Gasteiger partial charge in [-0.3, -0.25) is 4.79 Å². The van der Waals surface area contributed by atoms with E-state index in [1.54, 1.807) is 6.92 Å². The molecular formula is C21H32ClN3O5S. The number of benzene rings is 1. The molecule has 1 saturated heterocycles. The summed E-state index contributed by atoms with van der Waals surface area (Å²) in [6, 6.07) is 3.84. The van der Waals surface area contributed by atoms with Gasteiger partial charge in [-0.25, -0.2) is 13.2 Å². The summed E-state index contributed by atoms with van der Waals surface area (Å²) < 4.78 is 32.2. The highest BCUT2D eigenvalue weighted by molar-refractivity contribution is 7.89. The lowest BCUT2D eigenvalue weighted by atomic mass is 10.0. The standard InChI is InChI=1S/C21H32ClN3O5S/c1-4-30-21(27)24-16(12-15(2)3)14-23-20(26)18-13-17(8-9-19(18)22)31(28,29)25-10-6-5-7-11-25/h8-9,13,15-16H,4-7,10-12,14H2,1-3H3,(H,23,26)(H,24,27). The highest BCUT2D eigenvalue weighted by Gasteiger charge is 2.27. The Morgan fingerprint density at radius 2 is 1.87 bits per heavy atom. The number of hydrogen-bond acceptors (Lipinski definition) is 5. The second kappa shape index (κ2) is 11.7. The number of carbonyl (C=O) groups is 2. The average molecular weight is 474 g/mol. The third-order valence-corrected chi connectivity index (χ3v) is 7.22. The second-order valence-electron chi connectivity index (χ2n) is 8.01. The Morgan fingerprint density at radius 1 is 1.19 bits per heavy atom. The van der Waals surface area contributed by atoms with Crippen LogP contribution < -0.4 is 10.6 Å². The first-order valence-electron chi connectivity index (χ1n) is 10.7. The maximum absolute atomic E-state index is 12.9. The van der Waals surface area contributed by atoms with E-state index in [2.05, 4.69) is 10.6 Å². The Kier molecular flexibility index (Phi) is 9.58. The minimum atomic E-state index is -3.68. The summed E-state index contributed by atoms with van der Waals surface area (Å²) in [5.74, 6) is -0.217. The predicted octanol–water partition coefficient (Wildman–Crippen LogP) is 3.41. The van der Waals surface area contributed by atoms with Crippen molar-refractivity contribution in [1.82, 2.24) is 14.9 Å². The predicted molar refractivity (Wildman–Crippen MR) is 120 cm³/mol. The molecule has 10 heteroatoms. The Bertz CT molecular complexity index is 870. The molecule has 1 atom stereocenters. The lowest BCUT2D eigenvalue weighted by Gasteiger charge is -2.26. The Labute approximate surface area is 189 Å². The lowest BCUT2D eigenvalue weighted by molar-refractivity contribution is 0.0944. The van der Waals surface area contributed by atoms with Gasteiger partial charge in [-0.1, -0.05) is 31.9 Å². The van der Waals surface area contributed by atoms with Crippen molar-refractivity contribution in [3.05, 3.63) is 28.8 Å². The molecular weight excluding hydrogens is 442 g/mol. The summed E-state index contributed by atoms with van der Waals surface area (Å²) in [5.41, 5.74) is 0.0826. The molecule has 1 aromatic carbocycles. The zero-order valence-corrected chi connectivity index (χ0v) is 19.9. The third kappa shape index (κ3) is 7.36. The molecule has 1 aromatic rings. The molecule has 2 amide bonds. The van der Waals surface area contributed by atoms with Gasteiger partial charge in [-0.2, -0.15) is 4.31 Å². The first-order chi connectivity index (χ1) is 14.6. The molecule has 0 aliphatic carbocycles. The fourth-order valence-electron chi connectivity index (χ4n) is 3.51. The summed E-state index contributed by atoms with van der Waals surface area (Å²) in [6.07, 6.45) is 2.75. The molecule has 0 radical (unpaired) electrons. The average Bonchev–Trinajstić information content (AvgIpc) is 2.72. The van der Waals surface area contributed by atoms with E-state index in [0.29, 0.717) is 19.5 Å². The molecule has 0 saturated carbocycles. The number of rotatable bonds is 9. The van der Waals surface area contributed by atoms with Gasteiger partial charge in [-0.05, 0) is 50.3 Å². The third-order valence-electron chi connectivity index (χ3n) is 5.00. The SMILES string of the molecule is CCOC(=O)NC(CNC(=O)c1cc(S(=O)(=O)N2CCCCC2)ccc1Cl)CC(C)C. The van der Waals surface area contributed by atoms with Gasteiger partial charge in [0.15, 0.2) is 0 Å². The van der Waals surface area contributed by atoms with Crippen molar-refractivity contribution < 1.29 is 22.7 Å². The Balaban J connectivity index is 2.13. The monoisotopic (exact) mass is 473 g/mol. The van der Waals surface area contributed by atoms with Gasteiger partial charge >= 0.3 is 6.09 Å². The van der Waals surface area contributed by atoms with Crippen molar-refractivity contribution in [2.75, 3.05) is 26.2 Å². The van der Waals surface area contributed by atoms with Gasteiger partial charge in [0, 0.05) is 25.7 Å². The van der Waals surface area contributed by atoms with Crippen LogP contribution in [-0.2, 0) is 14.8 Å². The molecule has 8 nitrogen and oxygen atoms in total.